The minimum atomic E-state index is 0.292. The van der Waals surface area contributed by atoms with Gasteiger partial charge in [-0.15, -0.1) is 29.3 Å². The normalized spacial score (nSPS) is 18.0. The third-order valence-corrected chi connectivity index (χ3v) is 16.0. The molecule has 0 bridgehead atoms. The molecule has 13 rings (SSSR count). The van der Waals surface area contributed by atoms with Gasteiger partial charge in [0.1, 0.15) is 0 Å². The van der Waals surface area contributed by atoms with Crippen molar-refractivity contribution in [2.24, 2.45) is 5.92 Å². The number of thioether (sulfide) groups is 1. The molecule has 7 aromatic carbocycles. The van der Waals surface area contributed by atoms with Crippen LogP contribution in [-0.4, -0.2) is 0 Å². The zero-order chi connectivity index (χ0) is 39.5. The Morgan fingerprint density at radius 3 is 2.38 bits per heavy atom. The number of rotatable bonds is 6. The van der Waals surface area contributed by atoms with Crippen LogP contribution in [0, 0.1) is 5.92 Å². The third-order valence-electron chi connectivity index (χ3n) is 12.4. The smallest absolute Gasteiger partial charge is 0.160 e. The number of benzene rings is 7. The van der Waals surface area contributed by atoms with Crippen molar-refractivity contribution in [2.45, 2.75) is 17.2 Å². The van der Waals surface area contributed by atoms with Gasteiger partial charge < -0.3 is 9.64 Å². The Labute approximate surface area is 360 Å². The van der Waals surface area contributed by atoms with E-state index in [-0.39, 0.29) is 0 Å². The maximum absolute atomic E-state index is 7.17. The number of allylic oxidation sites excluding steroid dienone is 7. The Hall–Kier alpha value is -6.37. The number of thiophene rings is 2. The van der Waals surface area contributed by atoms with Gasteiger partial charge in [0.25, 0.3) is 0 Å². The molecule has 4 aliphatic rings. The van der Waals surface area contributed by atoms with Crippen LogP contribution in [0.2, 0.25) is 0 Å². The van der Waals surface area contributed by atoms with Crippen LogP contribution in [0.1, 0.15) is 23.5 Å². The summed E-state index contributed by atoms with van der Waals surface area (Å²) in [6.45, 7) is 4.15. The average molecular weight is 822 g/mol. The molecule has 0 N–H and O–H groups in total. The van der Waals surface area contributed by atoms with Crippen molar-refractivity contribution in [2.75, 3.05) is 4.90 Å². The number of hydrogen-bond acceptors (Lipinski definition) is 5. The van der Waals surface area contributed by atoms with E-state index in [1.54, 1.807) is 0 Å². The molecule has 2 aliphatic carbocycles. The second-order valence-corrected chi connectivity index (χ2v) is 19.3. The molecule has 2 aromatic heterocycles. The maximum atomic E-state index is 7.17. The van der Waals surface area contributed by atoms with Crippen LogP contribution in [0.4, 0.5) is 11.4 Å². The predicted octanol–water partition coefficient (Wildman–Crippen LogP) is 16.8. The minimum Gasteiger partial charge on any atom is -0.452 e. The van der Waals surface area contributed by atoms with E-state index < -0.39 is 0 Å². The highest BCUT2D eigenvalue weighted by Gasteiger charge is 2.33. The first kappa shape index (κ1) is 34.5. The van der Waals surface area contributed by atoms with E-state index in [0.717, 1.165) is 46.1 Å². The molecule has 0 amide bonds. The summed E-state index contributed by atoms with van der Waals surface area (Å²) >= 11 is 5.60. The van der Waals surface area contributed by atoms with Gasteiger partial charge in [0, 0.05) is 62.8 Å². The SMILES string of the molecule is C=CCC1/C(=C/c2cc(-c3ccc4c(c3)Oc3c(ccc5sc6ccccc6c35)N4C3=CC4=CC4C=C3)cc(-c3cccc4c3sc3ccccc34)c2)Sc2ccccc21. The van der Waals surface area contributed by atoms with E-state index >= 15 is 0 Å². The number of hydrogen-bond donors (Lipinski definition) is 0. The molecular formula is C55H35NOS3. The van der Waals surface area contributed by atoms with Gasteiger partial charge in [0.15, 0.2) is 11.5 Å². The summed E-state index contributed by atoms with van der Waals surface area (Å²) < 4.78 is 12.3. The quantitative estimate of drug-likeness (QED) is 0.155. The van der Waals surface area contributed by atoms with Gasteiger partial charge in [0.05, 0.1) is 11.4 Å². The van der Waals surface area contributed by atoms with Gasteiger partial charge >= 0.3 is 0 Å². The van der Waals surface area contributed by atoms with Crippen LogP contribution in [0.3, 0.4) is 0 Å². The summed E-state index contributed by atoms with van der Waals surface area (Å²) in [7, 11) is 0. The molecule has 5 heteroatoms. The molecule has 0 radical (unpaired) electrons. The second-order valence-electron chi connectivity index (χ2n) is 16.0. The molecule has 0 fully saturated rings. The first-order valence-corrected chi connectivity index (χ1v) is 22.9. The number of nitrogens with zero attached hydrogens (tertiary/aromatic N) is 1. The highest BCUT2D eigenvalue weighted by atomic mass is 32.2. The largest absolute Gasteiger partial charge is 0.452 e. The Kier molecular flexibility index (Phi) is 7.66. The lowest BCUT2D eigenvalue weighted by molar-refractivity contribution is 0.482. The van der Waals surface area contributed by atoms with E-state index in [9.17, 15) is 0 Å². The van der Waals surface area contributed by atoms with Gasteiger partial charge in [-0.05, 0) is 129 Å². The fraction of sp³-hybridized carbons (Fsp3) is 0.0545. The van der Waals surface area contributed by atoms with Crippen molar-refractivity contribution >= 4 is 92.2 Å². The zero-order valence-corrected chi connectivity index (χ0v) is 34.8. The van der Waals surface area contributed by atoms with E-state index in [4.69, 9.17) is 4.74 Å². The molecule has 60 heavy (non-hydrogen) atoms. The molecular weight excluding hydrogens is 787 g/mol. The van der Waals surface area contributed by atoms with E-state index in [1.807, 2.05) is 34.4 Å². The monoisotopic (exact) mass is 821 g/mol. The summed E-state index contributed by atoms with van der Waals surface area (Å²) in [5, 5.41) is 5.02. The van der Waals surface area contributed by atoms with Crippen LogP contribution >= 0.6 is 34.4 Å². The second kappa shape index (κ2) is 13.3. The van der Waals surface area contributed by atoms with Gasteiger partial charge in [0.2, 0.25) is 0 Å². The van der Waals surface area contributed by atoms with Gasteiger partial charge in [-0.1, -0.05) is 109 Å². The maximum Gasteiger partial charge on any atom is 0.160 e. The van der Waals surface area contributed by atoms with Crippen LogP contribution in [-0.2, 0) is 0 Å². The summed E-state index contributed by atoms with van der Waals surface area (Å²) in [6.07, 6.45) is 14.6. The molecule has 2 aliphatic heterocycles. The first-order valence-electron chi connectivity index (χ1n) is 20.5. The van der Waals surface area contributed by atoms with Crippen LogP contribution in [0.25, 0.3) is 68.7 Å². The lowest BCUT2D eigenvalue weighted by Crippen LogP contribution is -2.20. The van der Waals surface area contributed by atoms with Crippen LogP contribution in [0.15, 0.2) is 198 Å². The fourth-order valence-corrected chi connectivity index (χ4v) is 13.1. The molecule has 2 atom stereocenters. The summed E-state index contributed by atoms with van der Waals surface area (Å²) in [5.41, 5.74) is 12.0. The lowest BCUT2D eigenvalue weighted by atomic mass is 9.92. The average Bonchev–Trinajstić information content (AvgIpc) is 3.62. The Morgan fingerprint density at radius 1 is 0.683 bits per heavy atom. The highest BCUT2D eigenvalue weighted by molar-refractivity contribution is 8.03. The van der Waals surface area contributed by atoms with Gasteiger partial charge in [-0.2, -0.15) is 0 Å². The molecule has 2 unspecified atom stereocenters. The molecule has 0 saturated heterocycles. The van der Waals surface area contributed by atoms with E-state index in [1.165, 1.54) is 78.0 Å². The molecule has 4 heterocycles. The Balaban J connectivity index is 1.00. The van der Waals surface area contributed by atoms with Gasteiger partial charge in [-0.3, -0.25) is 0 Å². The van der Waals surface area contributed by atoms with Gasteiger partial charge in [-0.25, -0.2) is 0 Å². The summed E-state index contributed by atoms with van der Waals surface area (Å²) in [5.74, 6) is 2.53. The van der Waals surface area contributed by atoms with Crippen molar-refractivity contribution in [1.29, 1.82) is 0 Å². The zero-order valence-electron chi connectivity index (χ0n) is 32.4. The fourth-order valence-electron chi connectivity index (χ4n) is 9.51. The predicted molar refractivity (Wildman–Crippen MR) is 258 cm³/mol. The lowest BCUT2D eigenvalue weighted by Gasteiger charge is -2.34. The Bertz CT molecular complexity index is 3460. The molecule has 0 saturated carbocycles. The highest BCUT2D eigenvalue weighted by Crippen LogP contribution is 2.56. The molecule has 0 spiro atoms. The number of anilines is 2. The molecule has 284 valence electrons. The Morgan fingerprint density at radius 2 is 1.48 bits per heavy atom. The van der Waals surface area contributed by atoms with Crippen molar-refractivity contribution in [3.63, 3.8) is 0 Å². The van der Waals surface area contributed by atoms with Crippen molar-refractivity contribution in [1.82, 2.24) is 0 Å². The molecule has 9 aromatic rings. The third kappa shape index (κ3) is 5.39. The minimum absolute atomic E-state index is 0.292. The standard InChI is InChI=1S/C55H35NOS3/c1-2-10-40-41-11-3-6-16-48(41)59-52(40)27-32-25-35(29-37(26-32)39-14-9-15-43-42-12-4-7-17-49(42)60-55(39)43)34-20-22-45-47(31-34)57-54-46(56(45)38-21-19-33-28-36(33)30-38)23-24-51-53(54)44-13-5-8-18-50(44)58-51/h2-9,11-31,33,40H,1,10H2/b52-27-. The van der Waals surface area contributed by atoms with E-state index in [2.05, 4.69) is 187 Å². The van der Waals surface area contributed by atoms with Crippen molar-refractivity contribution < 1.29 is 4.74 Å². The van der Waals surface area contributed by atoms with E-state index in [0.29, 0.717) is 11.8 Å². The topological polar surface area (TPSA) is 12.5 Å². The number of ether oxygens (including phenoxy) is 1. The van der Waals surface area contributed by atoms with Crippen molar-refractivity contribution in [3.8, 4) is 33.8 Å². The molecule has 2 nitrogen and oxygen atoms in total. The summed E-state index contributed by atoms with van der Waals surface area (Å²) in [6, 6.07) is 51.5. The number of fused-ring (bicyclic) bond motifs is 11. The first-order chi connectivity index (χ1) is 29.6. The summed E-state index contributed by atoms with van der Waals surface area (Å²) in [4.78, 5) is 5.09. The van der Waals surface area contributed by atoms with Crippen LogP contribution < -0.4 is 9.64 Å². The van der Waals surface area contributed by atoms with Crippen LogP contribution in [0.5, 0.6) is 11.5 Å². The van der Waals surface area contributed by atoms with Crippen molar-refractivity contribution in [3.05, 3.63) is 204 Å².